The summed E-state index contributed by atoms with van der Waals surface area (Å²) in [6, 6.07) is 2.51. The van der Waals surface area contributed by atoms with Crippen molar-refractivity contribution < 1.29 is 0 Å². The highest BCUT2D eigenvalue weighted by molar-refractivity contribution is 5.15. The van der Waals surface area contributed by atoms with E-state index in [0.717, 1.165) is 19.4 Å². The lowest BCUT2D eigenvalue weighted by Gasteiger charge is -2.43. The van der Waals surface area contributed by atoms with Crippen LogP contribution < -0.4 is 11.3 Å². The maximum atomic E-state index is 5.95. The van der Waals surface area contributed by atoms with E-state index in [1.54, 1.807) is 0 Å². The smallest absolute Gasteiger partial charge is 0.0624 e. The highest BCUT2D eigenvalue weighted by Crippen LogP contribution is 2.37. The summed E-state index contributed by atoms with van der Waals surface area (Å²) in [5.41, 5.74) is 5.75. The average Bonchev–Trinajstić information content (AvgIpc) is 3.11. The quantitative estimate of drug-likeness (QED) is 0.593. The molecule has 1 aromatic rings. The van der Waals surface area contributed by atoms with Crippen molar-refractivity contribution in [2.45, 2.75) is 70.5 Å². The van der Waals surface area contributed by atoms with Crippen LogP contribution in [0.3, 0.4) is 0 Å². The van der Waals surface area contributed by atoms with Gasteiger partial charge in [0.15, 0.2) is 0 Å². The summed E-state index contributed by atoms with van der Waals surface area (Å²) in [5, 5.41) is 4.66. The topological polar surface area (TPSA) is 59.1 Å². The van der Waals surface area contributed by atoms with Gasteiger partial charge in [-0.1, -0.05) is 19.8 Å². The molecule has 1 unspecified atom stereocenters. The Balaban J connectivity index is 2.24. The molecule has 0 spiro atoms. The van der Waals surface area contributed by atoms with E-state index in [2.05, 4.69) is 54.1 Å². The van der Waals surface area contributed by atoms with E-state index < -0.39 is 0 Å². The number of nitrogens with one attached hydrogen (secondary N) is 1. The summed E-state index contributed by atoms with van der Waals surface area (Å²) in [6.07, 6.45) is 6.95. The second-order valence-electron chi connectivity index (χ2n) is 6.42. The monoisotopic (exact) mass is 293 g/mol. The van der Waals surface area contributed by atoms with Gasteiger partial charge in [0.1, 0.15) is 0 Å². The van der Waals surface area contributed by atoms with Crippen LogP contribution in [-0.4, -0.2) is 40.4 Å². The van der Waals surface area contributed by atoms with Crippen LogP contribution in [0.25, 0.3) is 0 Å². The van der Waals surface area contributed by atoms with Gasteiger partial charge in [0.2, 0.25) is 0 Å². The molecule has 1 aliphatic rings. The lowest BCUT2D eigenvalue weighted by Crippen LogP contribution is -2.60. The van der Waals surface area contributed by atoms with Crippen LogP contribution in [0.2, 0.25) is 0 Å². The SMILES string of the molecule is CCc1cc(CC(NN)C2(N(C)C)CCCC2)n(CC)n1. The number of hydrogen-bond donors (Lipinski definition) is 2. The van der Waals surface area contributed by atoms with Gasteiger partial charge in [-0.2, -0.15) is 5.10 Å². The molecule has 3 N–H and O–H groups in total. The second kappa shape index (κ2) is 6.90. The highest BCUT2D eigenvalue weighted by atomic mass is 15.3. The Morgan fingerprint density at radius 2 is 2.05 bits per heavy atom. The van der Waals surface area contributed by atoms with Crippen LogP contribution >= 0.6 is 0 Å². The molecule has 1 heterocycles. The highest BCUT2D eigenvalue weighted by Gasteiger charge is 2.43. The molecular weight excluding hydrogens is 262 g/mol. The number of aromatic nitrogens is 2. The van der Waals surface area contributed by atoms with E-state index in [1.165, 1.54) is 37.1 Å². The number of hydrazine groups is 1. The summed E-state index contributed by atoms with van der Waals surface area (Å²) < 4.78 is 2.13. The fraction of sp³-hybridized carbons (Fsp3) is 0.812. The molecule has 1 saturated carbocycles. The minimum Gasteiger partial charge on any atom is -0.302 e. The summed E-state index contributed by atoms with van der Waals surface area (Å²) in [5.74, 6) is 5.95. The summed E-state index contributed by atoms with van der Waals surface area (Å²) >= 11 is 0. The Kier molecular flexibility index (Phi) is 5.41. The third-order valence-electron chi connectivity index (χ3n) is 5.20. The van der Waals surface area contributed by atoms with Crippen LogP contribution in [-0.2, 0) is 19.4 Å². The largest absolute Gasteiger partial charge is 0.302 e. The molecule has 0 aliphatic heterocycles. The van der Waals surface area contributed by atoms with Crippen molar-refractivity contribution >= 4 is 0 Å². The van der Waals surface area contributed by atoms with Crippen molar-refractivity contribution in [2.75, 3.05) is 14.1 Å². The average molecular weight is 293 g/mol. The maximum Gasteiger partial charge on any atom is 0.0624 e. The normalized spacial score (nSPS) is 19.3. The third kappa shape index (κ3) is 3.15. The predicted octanol–water partition coefficient (Wildman–Crippen LogP) is 1.71. The second-order valence-corrected chi connectivity index (χ2v) is 6.42. The Hall–Kier alpha value is -0.910. The van der Waals surface area contributed by atoms with Crippen molar-refractivity contribution in [3.63, 3.8) is 0 Å². The molecule has 0 saturated heterocycles. The minimum atomic E-state index is 0.171. The van der Waals surface area contributed by atoms with Crippen molar-refractivity contribution in [3.05, 3.63) is 17.5 Å². The fourth-order valence-electron chi connectivity index (χ4n) is 3.83. The molecule has 0 radical (unpaired) electrons. The number of nitrogens with two attached hydrogens (primary N) is 1. The molecule has 1 atom stereocenters. The first-order chi connectivity index (χ1) is 10.1. The van der Waals surface area contributed by atoms with E-state index in [0.29, 0.717) is 0 Å². The molecule has 0 amide bonds. The first-order valence-corrected chi connectivity index (χ1v) is 8.26. The molecule has 21 heavy (non-hydrogen) atoms. The zero-order chi connectivity index (χ0) is 15.5. The number of rotatable bonds is 7. The molecule has 1 aliphatic carbocycles. The van der Waals surface area contributed by atoms with Gasteiger partial charge in [0.05, 0.1) is 5.69 Å². The van der Waals surface area contributed by atoms with Crippen molar-refractivity contribution in [1.29, 1.82) is 0 Å². The van der Waals surface area contributed by atoms with Crippen molar-refractivity contribution in [1.82, 2.24) is 20.1 Å². The Labute approximate surface area is 128 Å². The molecule has 0 bridgehead atoms. The summed E-state index contributed by atoms with van der Waals surface area (Å²) in [6.45, 7) is 5.22. The van der Waals surface area contributed by atoms with Crippen molar-refractivity contribution in [2.24, 2.45) is 5.84 Å². The maximum absolute atomic E-state index is 5.95. The lowest BCUT2D eigenvalue weighted by molar-refractivity contribution is 0.103. The molecule has 1 aromatic heterocycles. The molecule has 0 aromatic carbocycles. The Bertz CT molecular complexity index is 446. The molecule has 1 fully saturated rings. The van der Waals surface area contributed by atoms with Crippen LogP contribution in [0.1, 0.15) is 50.9 Å². The van der Waals surface area contributed by atoms with Crippen LogP contribution in [0.15, 0.2) is 6.07 Å². The van der Waals surface area contributed by atoms with Crippen LogP contribution in [0.4, 0.5) is 0 Å². The van der Waals surface area contributed by atoms with Crippen molar-refractivity contribution in [3.8, 4) is 0 Å². The number of aryl methyl sites for hydroxylation is 2. The van der Waals surface area contributed by atoms with E-state index in [9.17, 15) is 0 Å². The van der Waals surface area contributed by atoms with Crippen LogP contribution in [0, 0.1) is 0 Å². The molecule has 5 heteroatoms. The lowest BCUT2D eigenvalue weighted by atomic mass is 9.84. The van der Waals surface area contributed by atoms with Gasteiger partial charge < -0.3 is 4.90 Å². The number of likely N-dealkylation sites (N-methyl/N-ethyl adjacent to an activating group) is 1. The molecular formula is C16H31N5. The first kappa shape index (κ1) is 16.5. The molecule has 2 rings (SSSR count). The third-order valence-corrected chi connectivity index (χ3v) is 5.20. The summed E-state index contributed by atoms with van der Waals surface area (Å²) in [4.78, 5) is 2.37. The van der Waals surface area contributed by atoms with E-state index in [1.807, 2.05) is 0 Å². The fourth-order valence-corrected chi connectivity index (χ4v) is 3.83. The van der Waals surface area contributed by atoms with E-state index >= 15 is 0 Å². The van der Waals surface area contributed by atoms with Gasteiger partial charge in [-0.15, -0.1) is 0 Å². The number of hydrogen-bond acceptors (Lipinski definition) is 4. The van der Waals surface area contributed by atoms with Gasteiger partial charge in [-0.3, -0.25) is 16.0 Å². The van der Waals surface area contributed by atoms with E-state index in [4.69, 9.17) is 5.84 Å². The Morgan fingerprint density at radius 1 is 1.38 bits per heavy atom. The van der Waals surface area contributed by atoms with Gasteiger partial charge in [-0.05, 0) is 46.3 Å². The predicted molar refractivity (Wildman–Crippen MR) is 87.0 cm³/mol. The molecule has 120 valence electrons. The van der Waals surface area contributed by atoms with Gasteiger partial charge in [-0.25, -0.2) is 0 Å². The first-order valence-electron chi connectivity index (χ1n) is 8.26. The Morgan fingerprint density at radius 3 is 2.52 bits per heavy atom. The van der Waals surface area contributed by atoms with Crippen LogP contribution in [0.5, 0.6) is 0 Å². The van der Waals surface area contributed by atoms with Gasteiger partial charge in [0.25, 0.3) is 0 Å². The van der Waals surface area contributed by atoms with Gasteiger partial charge >= 0.3 is 0 Å². The van der Waals surface area contributed by atoms with E-state index in [-0.39, 0.29) is 11.6 Å². The summed E-state index contributed by atoms with van der Waals surface area (Å²) in [7, 11) is 4.37. The standard InChI is InChI=1S/C16H31N5/c1-5-13-11-14(21(6-2)19-13)12-15(18-17)16(20(3)4)9-7-8-10-16/h11,15,18H,5-10,12,17H2,1-4H3. The van der Waals surface area contributed by atoms with Gasteiger partial charge in [0, 0.05) is 30.2 Å². The zero-order valence-corrected chi connectivity index (χ0v) is 14.0. The number of nitrogens with zero attached hydrogens (tertiary/aromatic N) is 3. The molecule has 5 nitrogen and oxygen atoms in total. The minimum absolute atomic E-state index is 0.171. The zero-order valence-electron chi connectivity index (χ0n) is 14.0.